The van der Waals surface area contributed by atoms with Crippen LogP contribution in [0.25, 0.3) is 135 Å². The monoisotopic (exact) mass is 1230 g/mol. The molecule has 12 aromatic carbocycles. The molecule has 96 heavy (non-hydrogen) atoms. The van der Waals surface area contributed by atoms with E-state index in [1.165, 1.54) is 0 Å². The first kappa shape index (κ1) is 53.5. The lowest BCUT2D eigenvalue weighted by atomic mass is 9.86. The SMILES string of the molecule is c1ccc(-c2cc(-c3ccccc3)nc(-c3ccc4c(c3)N3B(N4c4cccc(-n5c6ccccc6n6c7ccccc7nc56)c4)N(c4cccc(-n5c6ccccc6n6c7ccccc7nc56)c4)c4ccc(-c5nc(-c6ccccc6)cc(-c6ccccc6)n5)cc43)n2)cc1. The number of benzene rings is 12. The van der Waals surface area contributed by atoms with E-state index in [0.717, 1.165) is 157 Å². The Bertz CT molecular complexity index is 5650. The van der Waals surface area contributed by atoms with Crippen LogP contribution in [0.4, 0.5) is 34.1 Å². The number of fused-ring (bicyclic) bond motifs is 15. The number of nitrogens with zero attached hydrogens (tertiary/aromatic N) is 13. The minimum atomic E-state index is -0.523. The van der Waals surface area contributed by atoms with E-state index in [2.05, 4.69) is 324 Å². The van der Waals surface area contributed by atoms with Gasteiger partial charge < -0.3 is 14.4 Å². The van der Waals surface area contributed by atoms with Gasteiger partial charge in [-0.1, -0.05) is 182 Å². The highest BCUT2D eigenvalue weighted by molar-refractivity contribution is 6.80. The Morgan fingerprint density at radius 1 is 0.219 bits per heavy atom. The van der Waals surface area contributed by atoms with Crippen molar-refractivity contribution in [2.75, 3.05) is 14.4 Å². The lowest BCUT2D eigenvalue weighted by molar-refractivity contribution is 1.11. The highest BCUT2D eigenvalue weighted by Crippen LogP contribution is 2.58. The summed E-state index contributed by atoms with van der Waals surface area (Å²) in [6, 6.07) is 111. The Hall–Kier alpha value is -13.2. The van der Waals surface area contributed by atoms with Crippen molar-refractivity contribution in [2.24, 2.45) is 0 Å². The smallest absolute Gasteiger partial charge is 0.343 e. The fraction of sp³-hybridized carbons (Fsp3) is 0. The van der Waals surface area contributed by atoms with Crippen LogP contribution < -0.4 is 14.4 Å². The number of para-hydroxylation sites is 8. The first-order chi connectivity index (χ1) is 47.6. The quantitative estimate of drug-likeness (QED) is 0.124. The van der Waals surface area contributed by atoms with E-state index in [-0.39, 0.29) is 0 Å². The van der Waals surface area contributed by atoms with Gasteiger partial charge >= 0.3 is 7.12 Å². The maximum Gasteiger partial charge on any atom is 0.519 e. The summed E-state index contributed by atoms with van der Waals surface area (Å²) in [7, 11) is -0.523. The molecule has 14 heteroatoms. The van der Waals surface area contributed by atoms with Crippen LogP contribution in [-0.2, 0) is 0 Å². The standard InChI is InChI=1S/C82H52BN13/c1-5-23-53(24-6-1)65-51-66(54-25-7-2-8-26-54)85-79(84-65)57-43-45-75-77(47-57)96-78-48-58(80-86-67(55-27-9-3-10-28-55)52-68(87-80)56-29-11-4-12-30-56)44-46-76(78)95(62-34-22-32-60(50-62)91-72-40-18-20-42-74(72)93-70-38-16-14-36-64(70)89-82(91)93)83(96)94(75)61-33-21-31-59(49-61)90-71-39-17-19-41-73(71)92-69-37-15-13-35-63(69)88-81(90)92/h1-52H. The predicted molar refractivity (Wildman–Crippen MR) is 388 cm³/mol. The third-order valence-corrected chi connectivity index (χ3v) is 18.9. The summed E-state index contributed by atoms with van der Waals surface area (Å²) in [6.45, 7) is 0. The number of anilines is 6. The summed E-state index contributed by atoms with van der Waals surface area (Å²) in [5.74, 6) is 2.89. The summed E-state index contributed by atoms with van der Waals surface area (Å²) in [5, 5.41) is 0. The minimum Gasteiger partial charge on any atom is -0.343 e. The van der Waals surface area contributed by atoms with Crippen LogP contribution >= 0.6 is 0 Å². The van der Waals surface area contributed by atoms with Crippen molar-refractivity contribution in [1.29, 1.82) is 0 Å². The Morgan fingerprint density at radius 2 is 0.552 bits per heavy atom. The van der Waals surface area contributed by atoms with Crippen LogP contribution in [0.5, 0.6) is 0 Å². The lowest BCUT2D eigenvalue weighted by Gasteiger charge is -2.32. The third-order valence-electron chi connectivity index (χ3n) is 18.9. The molecule has 8 heterocycles. The van der Waals surface area contributed by atoms with E-state index in [9.17, 15) is 0 Å². The van der Waals surface area contributed by atoms with Gasteiger partial charge in [0, 0.05) is 44.8 Å². The molecule has 20 rings (SSSR count). The maximum absolute atomic E-state index is 5.42. The van der Waals surface area contributed by atoms with E-state index in [0.29, 0.717) is 11.6 Å². The molecule has 0 amide bonds. The van der Waals surface area contributed by atoms with Crippen molar-refractivity contribution >= 4 is 96.9 Å². The molecule has 0 bridgehead atoms. The zero-order valence-electron chi connectivity index (χ0n) is 51.4. The minimum absolute atomic E-state index is 0.523. The van der Waals surface area contributed by atoms with Gasteiger partial charge in [0.15, 0.2) is 11.6 Å². The van der Waals surface area contributed by atoms with Crippen molar-refractivity contribution in [3.8, 4) is 79.2 Å². The highest BCUT2D eigenvalue weighted by atomic mass is 15.4. The maximum atomic E-state index is 5.42. The first-order valence-electron chi connectivity index (χ1n) is 32.2. The van der Waals surface area contributed by atoms with Gasteiger partial charge in [-0.25, -0.2) is 29.9 Å². The second-order valence-corrected chi connectivity index (χ2v) is 24.4. The number of aromatic nitrogens is 10. The number of hydrogen-bond acceptors (Lipinski definition) is 9. The second kappa shape index (κ2) is 21.2. The summed E-state index contributed by atoms with van der Waals surface area (Å²) in [5.41, 5.74) is 25.1. The van der Waals surface area contributed by atoms with Gasteiger partial charge in [0.05, 0.1) is 101 Å². The predicted octanol–water partition coefficient (Wildman–Crippen LogP) is 19.2. The summed E-state index contributed by atoms with van der Waals surface area (Å²) >= 11 is 0. The molecule has 0 atom stereocenters. The Balaban J connectivity index is 0.838. The van der Waals surface area contributed by atoms with Crippen molar-refractivity contribution < 1.29 is 0 Å². The molecule has 13 nitrogen and oxygen atoms in total. The zero-order valence-corrected chi connectivity index (χ0v) is 51.4. The molecule has 2 aliphatic heterocycles. The van der Waals surface area contributed by atoms with E-state index < -0.39 is 7.12 Å². The lowest BCUT2D eigenvalue weighted by Crippen LogP contribution is -2.51. The van der Waals surface area contributed by atoms with Crippen LogP contribution in [0.3, 0.4) is 0 Å². The van der Waals surface area contributed by atoms with Crippen molar-refractivity contribution in [3.63, 3.8) is 0 Å². The molecule has 2 aliphatic rings. The van der Waals surface area contributed by atoms with Crippen LogP contribution in [0.15, 0.2) is 315 Å². The summed E-state index contributed by atoms with van der Waals surface area (Å²) in [4.78, 5) is 39.8. The highest BCUT2D eigenvalue weighted by Gasteiger charge is 2.54. The van der Waals surface area contributed by atoms with Gasteiger partial charge in [-0.05, 0) is 133 Å². The van der Waals surface area contributed by atoms with Crippen LogP contribution in [-0.4, -0.2) is 55.0 Å². The van der Waals surface area contributed by atoms with Crippen LogP contribution in [0.2, 0.25) is 0 Å². The normalized spacial score (nSPS) is 12.7. The molecule has 0 N–H and O–H groups in total. The number of rotatable bonds is 10. The molecule has 0 spiro atoms. The average molecular weight is 1230 g/mol. The Morgan fingerprint density at radius 3 is 0.938 bits per heavy atom. The van der Waals surface area contributed by atoms with Gasteiger partial charge in [0.1, 0.15) is 0 Å². The Labute approximate surface area is 550 Å². The molecule has 0 saturated heterocycles. The fourth-order valence-electron chi connectivity index (χ4n) is 14.6. The summed E-state index contributed by atoms with van der Waals surface area (Å²) < 4.78 is 9.14. The van der Waals surface area contributed by atoms with E-state index >= 15 is 0 Å². The molecule has 6 aromatic heterocycles. The molecule has 448 valence electrons. The molecular weight excluding hydrogens is 1180 g/mol. The summed E-state index contributed by atoms with van der Waals surface area (Å²) in [6.07, 6.45) is 0. The van der Waals surface area contributed by atoms with Gasteiger partial charge in [0.25, 0.3) is 0 Å². The molecule has 0 unspecified atom stereocenters. The van der Waals surface area contributed by atoms with Gasteiger partial charge in [-0.2, -0.15) is 0 Å². The molecule has 0 aliphatic carbocycles. The van der Waals surface area contributed by atoms with E-state index in [4.69, 9.17) is 29.9 Å². The van der Waals surface area contributed by atoms with Crippen LogP contribution in [0, 0.1) is 0 Å². The third kappa shape index (κ3) is 8.31. The molecule has 0 saturated carbocycles. The largest absolute Gasteiger partial charge is 0.519 e. The molecule has 0 radical (unpaired) electrons. The molecular formula is C82H52BN13. The second-order valence-electron chi connectivity index (χ2n) is 24.4. The van der Waals surface area contributed by atoms with Crippen molar-refractivity contribution in [1.82, 2.24) is 47.8 Å². The van der Waals surface area contributed by atoms with Crippen molar-refractivity contribution in [2.45, 2.75) is 0 Å². The van der Waals surface area contributed by atoms with Gasteiger partial charge in [-0.3, -0.25) is 17.9 Å². The number of imidazole rings is 4. The molecule has 18 aromatic rings. The fourth-order valence-corrected chi connectivity index (χ4v) is 14.6. The first-order valence-corrected chi connectivity index (χ1v) is 32.2. The average Bonchev–Trinajstić information content (AvgIpc) is 1.53. The van der Waals surface area contributed by atoms with Crippen LogP contribution in [0.1, 0.15) is 0 Å². The topological polar surface area (TPSA) is 106 Å². The Kier molecular flexibility index (Phi) is 11.8. The van der Waals surface area contributed by atoms with E-state index in [1.807, 2.05) is 24.3 Å². The number of hydrogen-bond donors (Lipinski definition) is 0. The van der Waals surface area contributed by atoms with Gasteiger partial charge in [-0.15, -0.1) is 0 Å². The van der Waals surface area contributed by atoms with E-state index in [1.54, 1.807) is 0 Å². The molecule has 0 fully saturated rings. The zero-order chi connectivity index (χ0) is 63.0. The van der Waals surface area contributed by atoms with Gasteiger partial charge in [0.2, 0.25) is 11.6 Å². The van der Waals surface area contributed by atoms with Crippen molar-refractivity contribution in [3.05, 3.63) is 315 Å².